The van der Waals surface area contributed by atoms with E-state index in [1.807, 2.05) is 6.08 Å². The first-order chi connectivity index (χ1) is 4.86. The first-order valence-corrected chi connectivity index (χ1v) is 3.60. The van der Waals surface area contributed by atoms with Crippen LogP contribution in [-0.2, 0) is 9.47 Å². The van der Waals surface area contributed by atoms with Gasteiger partial charge in [-0.15, -0.1) is 0 Å². The molecule has 1 aliphatic carbocycles. The molecule has 0 radical (unpaired) electrons. The first-order valence-electron chi connectivity index (χ1n) is 3.60. The normalized spacial score (nSPS) is 19.1. The summed E-state index contributed by atoms with van der Waals surface area (Å²) in [5.41, 5.74) is 0. The SMILES string of the molecule is COC(/C=C/C1CC1)OC. The Morgan fingerprint density at radius 3 is 2.30 bits per heavy atom. The molecule has 0 unspecified atom stereocenters. The zero-order valence-electron chi connectivity index (χ0n) is 6.54. The highest BCUT2D eigenvalue weighted by molar-refractivity contribution is 4.97. The molecule has 0 aromatic rings. The van der Waals surface area contributed by atoms with Crippen molar-refractivity contribution in [1.29, 1.82) is 0 Å². The van der Waals surface area contributed by atoms with Crippen LogP contribution in [0.15, 0.2) is 12.2 Å². The predicted molar refractivity (Wildman–Crippen MR) is 39.7 cm³/mol. The van der Waals surface area contributed by atoms with E-state index in [2.05, 4.69) is 6.08 Å². The smallest absolute Gasteiger partial charge is 0.176 e. The Morgan fingerprint density at radius 2 is 1.90 bits per heavy atom. The molecule has 1 rings (SSSR count). The largest absolute Gasteiger partial charge is 0.352 e. The highest BCUT2D eigenvalue weighted by atomic mass is 16.7. The second-order valence-electron chi connectivity index (χ2n) is 2.56. The minimum absolute atomic E-state index is 0.152. The minimum Gasteiger partial charge on any atom is -0.352 e. The molecule has 1 saturated carbocycles. The second kappa shape index (κ2) is 3.74. The average Bonchev–Trinajstić information content (AvgIpc) is 2.74. The first kappa shape index (κ1) is 7.76. The van der Waals surface area contributed by atoms with Gasteiger partial charge < -0.3 is 9.47 Å². The van der Waals surface area contributed by atoms with Crippen LogP contribution >= 0.6 is 0 Å². The molecule has 1 fully saturated rings. The summed E-state index contributed by atoms with van der Waals surface area (Å²) in [6, 6.07) is 0. The summed E-state index contributed by atoms with van der Waals surface area (Å²) in [6.45, 7) is 0. The van der Waals surface area contributed by atoms with Gasteiger partial charge in [0.25, 0.3) is 0 Å². The van der Waals surface area contributed by atoms with Gasteiger partial charge in [-0.1, -0.05) is 6.08 Å². The topological polar surface area (TPSA) is 18.5 Å². The lowest BCUT2D eigenvalue weighted by Crippen LogP contribution is -2.08. The van der Waals surface area contributed by atoms with Crippen LogP contribution in [0, 0.1) is 5.92 Å². The summed E-state index contributed by atoms with van der Waals surface area (Å²) in [7, 11) is 3.29. The molecule has 0 saturated heterocycles. The van der Waals surface area contributed by atoms with Gasteiger partial charge in [0.05, 0.1) is 0 Å². The van der Waals surface area contributed by atoms with Gasteiger partial charge in [0.1, 0.15) is 0 Å². The number of hydrogen-bond acceptors (Lipinski definition) is 2. The summed E-state index contributed by atoms with van der Waals surface area (Å²) >= 11 is 0. The monoisotopic (exact) mass is 142 g/mol. The van der Waals surface area contributed by atoms with Crippen LogP contribution in [0.3, 0.4) is 0 Å². The number of hydrogen-bond donors (Lipinski definition) is 0. The molecule has 1 aliphatic rings. The van der Waals surface area contributed by atoms with Gasteiger partial charge in [-0.05, 0) is 24.8 Å². The van der Waals surface area contributed by atoms with Crippen molar-refractivity contribution in [2.24, 2.45) is 5.92 Å². The van der Waals surface area contributed by atoms with Crippen molar-refractivity contribution in [1.82, 2.24) is 0 Å². The van der Waals surface area contributed by atoms with Crippen molar-refractivity contribution in [3.8, 4) is 0 Å². The summed E-state index contributed by atoms with van der Waals surface area (Å²) < 4.78 is 9.94. The molecule has 0 bridgehead atoms. The van der Waals surface area contributed by atoms with Crippen LogP contribution in [-0.4, -0.2) is 20.5 Å². The molecule has 58 valence electrons. The van der Waals surface area contributed by atoms with E-state index in [4.69, 9.17) is 9.47 Å². The maximum Gasteiger partial charge on any atom is 0.176 e. The Labute approximate surface area is 61.8 Å². The lowest BCUT2D eigenvalue weighted by Gasteiger charge is -2.06. The fraction of sp³-hybridized carbons (Fsp3) is 0.750. The van der Waals surface area contributed by atoms with Gasteiger partial charge in [-0.25, -0.2) is 0 Å². The lowest BCUT2D eigenvalue weighted by atomic mass is 10.3. The molecule has 0 aromatic heterocycles. The Morgan fingerprint density at radius 1 is 1.30 bits per heavy atom. The van der Waals surface area contributed by atoms with Gasteiger partial charge >= 0.3 is 0 Å². The Bertz CT molecular complexity index is 112. The van der Waals surface area contributed by atoms with Crippen molar-refractivity contribution in [2.75, 3.05) is 14.2 Å². The van der Waals surface area contributed by atoms with E-state index < -0.39 is 0 Å². The van der Waals surface area contributed by atoms with Crippen LogP contribution in [0.25, 0.3) is 0 Å². The van der Waals surface area contributed by atoms with E-state index in [0.29, 0.717) is 0 Å². The van der Waals surface area contributed by atoms with Crippen LogP contribution in [0.1, 0.15) is 12.8 Å². The van der Waals surface area contributed by atoms with Crippen molar-refractivity contribution in [2.45, 2.75) is 19.1 Å². The third-order valence-electron chi connectivity index (χ3n) is 1.63. The Kier molecular flexibility index (Phi) is 2.90. The number of methoxy groups -OCH3 is 2. The van der Waals surface area contributed by atoms with Gasteiger partial charge in [-0.3, -0.25) is 0 Å². The third kappa shape index (κ3) is 2.50. The van der Waals surface area contributed by atoms with E-state index in [1.54, 1.807) is 14.2 Å². The highest BCUT2D eigenvalue weighted by Crippen LogP contribution is 2.30. The Balaban J connectivity index is 2.18. The molecule has 0 amide bonds. The van der Waals surface area contributed by atoms with Gasteiger partial charge in [-0.2, -0.15) is 0 Å². The summed E-state index contributed by atoms with van der Waals surface area (Å²) in [5, 5.41) is 0. The molecule has 10 heavy (non-hydrogen) atoms. The molecule has 0 N–H and O–H groups in total. The van der Waals surface area contributed by atoms with Crippen LogP contribution in [0.5, 0.6) is 0 Å². The molecule has 0 aliphatic heterocycles. The third-order valence-corrected chi connectivity index (χ3v) is 1.63. The second-order valence-corrected chi connectivity index (χ2v) is 2.56. The number of rotatable bonds is 4. The zero-order chi connectivity index (χ0) is 7.40. The zero-order valence-corrected chi connectivity index (χ0v) is 6.54. The summed E-state index contributed by atoms with van der Waals surface area (Å²) in [6.07, 6.45) is 6.64. The molecule has 2 heteroatoms. The maximum absolute atomic E-state index is 4.97. The van der Waals surface area contributed by atoms with Crippen molar-refractivity contribution < 1.29 is 9.47 Å². The molecule has 0 atom stereocenters. The fourth-order valence-corrected chi connectivity index (χ4v) is 0.790. The maximum atomic E-state index is 4.97. The van der Waals surface area contributed by atoms with Crippen molar-refractivity contribution in [3.05, 3.63) is 12.2 Å². The van der Waals surface area contributed by atoms with Gasteiger partial charge in [0.2, 0.25) is 0 Å². The molecule has 2 nitrogen and oxygen atoms in total. The van der Waals surface area contributed by atoms with Crippen LogP contribution in [0.4, 0.5) is 0 Å². The predicted octanol–water partition coefficient (Wildman–Crippen LogP) is 1.57. The van der Waals surface area contributed by atoms with E-state index in [0.717, 1.165) is 5.92 Å². The van der Waals surface area contributed by atoms with E-state index in [-0.39, 0.29) is 6.29 Å². The standard InChI is InChI=1S/C8H14O2/c1-9-8(10-2)6-5-7-3-4-7/h5-8H,3-4H2,1-2H3/b6-5+. The number of ether oxygens (including phenoxy) is 2. The highest BCUT2D eigenvalue weighted by Gasteiger charge is 2.17. The van der Waals surface area contributed by atoms with Gasteiger partial charge in [0, 0.05) is 14.2 Å². The fourth-order valence-electron chi connectivity index (χ4n) is 0.790. The molecule has 0 aromatic carbocycles. The van der Waals surface area contributed by atoms with Crippen molar-refractivity contribution in [3.63, 3.8) is 0 Å². The van der Waals surface area contributed by atoms with E-state index in [9.17, 15) is 0 Å². The molecular weight excluding hydrogens is 128 g/mol. The molecular formula is C8H14O2. The van der Waals surface area contributed by atoms with E-state index >= 15 is 0 Å². The minimum atomic E-state index is -0.152. The van der Waals surface area contributed by atoms with Gasteiger partial charge in [0.15, 0.2) is 6.29 Å². The van der Waals surface area contributed by atoms with Crippen LogP contribution < -0.4 is 0 Å². The quantitative estimate of drug-likeness (QED) is 0.438. The van der Waals surface area contributed by atoms with Crippen molar-refractivity contribution >= 4 is 0 Å². The van der Waals surface area contributed by atoms with E-state index in [1.165, 1.54) is 12.8 Å². The molecule has 0 spiro atoms. The number of allylic oxidation sites excluding steroid dienone is 1. The Hall–Kier alpha value is -0.340. The lowest BCUT2D eigenvalue weighted by molar-refractivity contribution is -0.0668. The average molecular weight is 142 g/mol. The molecule has 0 heterocycles. The summed E-state index contributed by atoms with van der Waals surface area (Å²) in [4.78, 5) is 0. The summed E-state index contributed by atoms with van der Waals surface area (Å²) in [5.74, 6) is 0.799. The van der Waals surface area contributed by atoms with Crippen LogP contribution in [0.2, 0.25) is 0 Å².